The number of ether oxygens (including phenoxy) is 1. The highest BCUT2D eigenvalue weighted by atomic mass is 35.7. The van der Waals surface area contributed by atoms with Crippen LogP contribution in [0.3, 0.4) is 0 Å². The van der Waals surface area contributed by atoms with Crippen LogP contribution in [-0.4, -0.2) is 31.4 Å². The SMILES string of the molecule is Oc1cc(Cl)oc(=[N+]2CCOCC2)c1.[O-][Cl+3]([O-])([O-])[O-]. The molecule has 1 aliphatic rings. The summed E-state index contributed by atoms with van der Waals surface area (Å²) in [6.45, 7) is 2.85. The van der Waals surface area contributed by atoms with Crippen molar-refractivity contribution >= 4 is 11.6 Å². The van der Waals surface area contributed by atoms with E-state index in [4.69, 9.17) is 39.4 Å². The molecule has 2 heterocycles. The fourth-order valence-electron chi connectivity index (χ4n) is 1.38. The van der Waals surface area contributed by atoms with Gasteiger partial charge in [0.15, 0.2) is 13.1 Å². The van der Waals surface area contributed by atoms with Gasteiger partial charge in [0.25, 0.3) is 0 Å². The average Bonchev–Trinajstić information content (AvgIpc) is 2.26. The molecule has 1 N–H and O–H groups in total. The second-order valence-electron chi connectivity index (χ2n) is 3.44. The molecule has 0 aliphatic carbocycles. The molecule has 19 heavy (non-hydrogen) atoms. The monoisotopic (exact) mass is 315 g/mol. The number of morpholine rings is 1. The van der Waals surface area contributed by atoms with Gasteiger partial charge in [0.05, 0.1) is 6.07 Å². The maximum atomic E-state index is 9.32. The standard InChI is InChI=1S/C9H10ClNO3.ClHO4/c10-8-5-7(12)6-9(14-8)11-1-3-13-4-2-11;2-1(3,4)5/h5-6H,1-4H2;(H,2,3,4,5). The molecule has 8 nitrogen and oxygen atoms in total. The van der Waals surface area contributed by atoms with Crippen molar-refractivity contribution < 1.29 is 43.1 Å². The van der Waals surface area contributed by atoms with E-state index in [2.05, 4.69) is 0 Å². The third-order valence-electron chi connectivity index (χ3n) is 2.06. The molecular weight excluding hydrogens is 305 g/mol. The number of nitrogens with zero attached hydrogens (tertiary/aromatic N) is 1. The minimum atomic E-state index is -4.94. The van der Waals surface area contributed by atoms with E-state index in [0.29, 0.717) is 18.8 Å². The molecule has 0 amide bonds. The maximum absolute atomic E-state index is 9.32. The van der Waals surface area contributed by atoms with Crippen LogP contribution >= 0.6 is 11.6 Å². The number of rotatable bonds is 0. The van der Waals surface area contributed by atoms with E-state index in [1.807, 2.05) is 4.58 Å². The van der Waals surface area contributed by atoms with Crippen LogP contribution in [0, 0.1) is 10.2 Å². The zero-order chi connectivity index (χ0) is 14.5. The summed E-state index contributed by atoms with van der Waals surface area (Å²) in [5, 5.41) is 9.51. The first-order valence-electron chi connectivity index (χ1n) is 5.03. The van der Waals surface area contributed by atoms with E-state index in [-0.39, 0.29) is 11.0 Å². The van der Waals surface area contributed by atoms with Crippen LogP contribution < -0.4 is 28.8 Å². The van der Waals surface area contributed by atoms with E-state index in [1.165, 1.54) is 6.07 Å². The summed E-state index contributed by atoms with van der Waals surface area (Å²) in [5.41, 5.74) is 0.582. The van der Waals surface area contributed by atoms with Gasteiger partial charge in [0.1, 0.15) is 19.0 Å². The minimum Gasteiger partial charge on any atom is -0.507 e. The Morgan fingerprint density at radius 1 is 1.16 bits per heavy atom. The average molecular weight is 316 g/mol. The smallest absolute Gasteiger partial charge is 0.372 e. The first-order valence-corrected chi connectivity index (χ1v) is 6.64. The summed E-state index contributed by atoms with van der Waals surface area (Å²) in [6, 6.07) is 2.92. The quantitative estimate of drug-likeness (QED) is 0.478. The largest absolute Gasteiger partial charge is 0.507 e. The highest BCUT2D eigenvalue weighted by Gasteiger charge is 2.14. The normalized spacial score (nSPS) is 15.7. The van der Waals surface area contributed by atoms with E-state index in [0.717, 1.165) is 13.1 Å². The summed E-state index contributed by atoms with van der Waals surface area (Å²) >= 11 is 5.68. The van der Waals surface area contributed by atoms with Gasteiger partial charge in [-0.3, -0.25) is 0 Å². The first-order chi connectivity index (χ1) is 8.75. The third-order valence-corrected chi connectivity index (χ3v) is 2.24. The summed E-state index contributed by atoms with van der Waals surface area (Å²) in [4.78, 5) is 0. The van der Waals surface area contributed by atoms with E-state index >= 15 is 0 Å². The highest BCUT2D eigenvalue weighted by Crippen LogP contribution is 2.11. The van der Waals surface area contributed by atoms with Gasteiger partial charge in [-0.2, -0.15) is 4.58 Å². The molecule has 0 atom stereocenters. The topological polar surface area (TPSA) is 138 Å². The van der Waals surface area contributed by atoms with Crippen molar-refractivity contribution in [3.8, 4) is 5.75 Å². The summed E-state index contributed by atoms with van der Waals surface area (Å²) in [7, 11) is -4.94. The molecule has 0 bridgehead atoms. The lowest BCUT2D eigenvalue weighted by atomic mass is 10.4. The van der Waals surface area contributed by atoms with Gasteiger partial charge in [-0.05, 0) is 11.6 Å². The molecular formula is C9H11Cl2NO7. The molecule has 0 spiro atoms. The van der Waals surface area contributed by atoms with Crippen molar-refractivity contribution in [1.82, 2.24) is 4.58 Å². The van der Waals surface area contributed by atoms with Crippen LogP contribution in [0.4, 0.5) is 0 Å². The van der Waals surface area contributed by atoms with Gasteiger partial charge in [0.2, 0.25) is 5.22 Å². The second-order valence-corrected chi connectivity index (χ2v) is 4.56. The van der Waals surface area contributed by atoms with Crippen molar-refractivity contribution in [3.05, 3.63) is 22.9 Å². The van der Waals surface area contributed by atoms with E-state index in [9.17, 15) is 5.11 Å². The van der Waals surface area contributed by atoms with Crippen molar-refractivity contribution in [3.63, 3.8) is 0 Å². The van der Waals surface area contributed by atoms with Gasteiger partial charge < -0.3 is 14.3 Å². The van der Waals surface area contributed by atoms with E-state index < -0.39 is 10.2 Å². The molecule has 1 saturated heterocycles. The molecule has 0 aromatic carbocycles. The molecule has 1 aliphatic heterocycles. The van der Waals surface area contributed by atoms with Crippen LogP contribution in [0.15, 0.2) is 16.5 Å². The molecule has 2 rings (SSSR count). The Kier molecular flexibility index (Phi) is 6.01. The molecule has 1 fully saturated rings. The fraction of sp³-hybridized carbons (Fsp3) is 0.444. The molecule has 0 radical (unpaired) electrons. The highest BCUT2D eigenvalue weighted by molar-refractivity contribution is 6.28. The summed E-state index contributed by atoms with van der Waals surface area (Å²) < 4.78 is 46.4. The zero-order valence-electron chi connectivity index (χ0n) is 9.58. The van der Waals surface area contributed by atoms with Crippen LogP contribution in [0.25, 0.3) is 0 Å². The van der Waals surface area contributed by atoms with E-state index in [1.54, 1.807) is 6.07 Å². The van der Waals surface area contributed by atoms with Crippen LogP contribution in [0.2, 0.25) is 5.22 Å². The predicted molar refractivity (Wildman–Crippen MR) is 51.2 cm³/mol. The van der Waals surface area contributed by atoms with Crippen LogP contribution in [-0.2, 0) is 4.74 Å². The molecule has 10 heteroatoms. The van der Waals surface area contributed by atoms with Crippen LogP contribution in [0.5, 0.6) is 5.75 Å². The molecule has 1 aromatic rings. The Morgan fingerprint density at radius 3 is 2.16 bits per heavy atom. The van der Waals surface area contributed by atoms with Crippen molar-refractivity contribution in [2.24, 2.45) is 0 Å². The zero-order valence-corrected chi connectivity index (χ0v) is 11.1. The van der Waals surface area contributed by atoms with Gasteiger partial charge in [0, 0.05) is 6.07 Å². The van der Waals surface area contributed by atoms with Crippen molar-refractivity contribution in [2.45, 2.75) is 0 Å². The lowest BCUT2D eigenvalue weighted by Crippen LogP contribution is -2.68. The number of aromatic hydroxyl groups is 1. The van der Waals surface area contributed by atoms with Crippen molar-refractivity contribution in [2.75, 3.05) is 26.3 Å². The second kappa shape index (κ2) is 7.06. The Morgan fingerprint density at radius 2 is 1.68 bits per heavy atom. The van der Waals surface area contributed by atoms with Gasteiger partial charge in [-0.15, -0.1) is 10.2 Å². The lowest BCUT2D eigenvalue weighted by molar-refractivity contribution is -2.00. The Bertz CT molecular complexity index is 445. The minimum absolute atomic E-state index is 0.114. The number of hydrogen-bond donors (Lipinski definition) is 1. The first kappa shape index (κ1) is 16.2. The maximum Gasteiger partial charge on any atom is 0.372 e. The summed E-state index contributed by atoms with van der Waals surface area (Å²) in [6.07, 6.45) is 0. The molecule has 1 aromatic heterocycles. The Hall–Kier alpha value is -0.870. The molecule has 0 saturated carbocycles. The summed E-state index contributed by atoms with van der Waals surface area (Å²) in [5.74, 6) is 0.114. The van der Waals surface area contributed by atoms with Gasteiger partial charge >= 0.3 is 5.55 Å². The number of hydrogen-bond acceptors (Lipinski definition) is 7. The molecule has 0 unspecified atom stereocenters. The molecule has 108 valence electrons. The Balaban J connectivity index is 0.000000312. The van der Waals surface area contributed by atoms with Gasteiger partial charge in [-0.25, -0.2) is 18.6 Å². The third kappa shape index (κ3) is 7.33. The fourth-order valence-corrected chi connectivity index (χ4v) is 1.57. The predicted octanol–water partition coefficient (Wildman–Crippen LogP) is -4.31. The number of halogens is 2. The van der Waals surface area contributed by atoms with Crippen LogP contribution in [0.1, 0.15) is 0 Å². The Labute approximate surface area is 115 Å². The van der Waals surface area contributed by atoms with Crippen molar-refractivity contribution in [1.29, 1.82) is 0 Å². The lowest BCUT2D eigenvalue weighted by Gasteiger charge is -2.17. The van der Waals surface area contributed by atoms with Gasteiger partial charge in [-0.1, -0.05) is 0 Å².